The average molecular weight is 368 g/mol. The molecule has 0 unspecified atom stereocenters. The molecule has 2 N–H and O–H groups in total. The minimum Gasteiger partial charge on any atom is -0.385 e. The molecule has 0 spiro atoms. The van der Waals surface area contributed by atoms with Crippen LogP contribution in [0.15, 0.2) is 18.2 Å². The average Bonchev–Trinajstić information content (AvgIpc) is 2.67. The van der Waals surface area contributed by atoms with Crippen molar-refractivity contribution in [3.05, 3.63) is 35.4 Å². The number of amides is 1. The summed E-state index contributed by atoms with van der Waals surface area (Å²) in [6.45, 7) is 3.95. The summed E-state index contributed by atoms with van der Waals surface area (Å²) in [6, 6.07) is 4.25. The van der Waals surface area contributed by atoms with Crippen molar-refractivity contribution < 1.29 is 18.3 Å². The van der Waals surface area contributed by atoms with E-state index in [4.69, 9.17) is 4.74 Å². The lowest BCUT2D eigenvalue weighted by atomic mass is 9.71. The third-order valence-electron chi connectivity index (χ3n) is 5.28. The Morgan fingerprint density at radius 1 is 1.38 bits per heavy atom. The van der Waals surface area contributed by atoms with Gasteiger partial charge >= 0.3 is 0 Å². The highest BCUT2D eigenvalue weighted by Crippen LogP contribution is 2.40. The van der Waals surface area contributed by atoms with Crippen LogP contribution in [0.3, 0.4) is 0 Å². The van der Waals surface area contributed by atoms with Crippen LogP contribution in [0.5, 0.6) is 0 Å². The second-order valence-corrected chi connectivity index (χ2v) is 6.97. The Morgan fingerprint density at radius 2 is 2.19 bits per heavy atom. The minimum absolute atomic E-state index is 0.00518. The first-order valence-corrected chi connectivity index (χ1v) is 9.50. The predicted molar refractivity (Wildman–Crippen MR) is 97.8 cm³/mol. The van der Waals surface area contributed by atoms with Crippen LogP contribution in [-0.2, 0) is 15.1 Å². The van der Waals surface area contributed by atoms with Gasteiger partial charge in [-0.15, -0.1) is 0 Å². The molecule has 146 valence electrons. The zero-order valence-corrected chi connectivity index (χ0v) is 15.7. The van der Waals surface area contributed by atoms with Gasteiger partial charge in [0.25, 0.3) is 0 Å². The van der Waals surface area contributed by atoms with Gasteiger partial charge in [-0.25, -0.2) is 8.78 Å². The molecule has 0 aliphatic carbocycles. The Hall–Kier alpha value is -1.53. The van der Waals surface area contributed by atoms with Crippen molar-refractivity contribution in [3.63, 3.8) is 0 Å². The van der Waals surface area contributed by atoms with Crippen LogP contribution < -0.4 is 10.6 Å². The van der Waals surface area contributed by atoms with Crippen LogP contribution in [0, 0.1) is 17.6 Å². The molecule has 1 saturated heterocycles. The first-order valence-electron chi connectivity index (χ1n) is 9.50. The van der Waals surface area contributed by atoms with E-state index in [0.717, 1.165) is 38.3 Å². The molecular weight excluding hydrogens is 338 g/mol. The van der Waals surface area contributed by atoms with Crippen molar-refractivity contribution >= 4 is 5.91 Å². The quantitative estimate of drug-likeness (QED) is 0.656. The van der Waals surface area contributed by atoms with Gasteiger partial charge < -0.3 is 15.4 Å². The molecule has 0 aromatic heterocycles. The van der Waals surface area contributed by atoms with Gasteiger partial charge in [0, 0.05) is 32.2 Å². The smallest absolute Gasteiger partial charge is 0.220 e. The molecule has 2 rings (SSSR count). The Bertz CT molecular complexity index is 591. The molecule has 1 amide bonds. The number of rotatable bonds is 9. The minimum atomic E-state index is -0.916. The fourth-order valence-electron chi connectivity index (χ4n) is 3.90. The number of halogens is 2. The summed E-state index contributed by atoms with van der Waals surface area (Å²) in [6.07, 6.45) is 4.22. The highest BCUT2D eigenvalue weighted by atomic mass is 19.2. The number of piperidine rings is 1. The van der Waals surface area contributed by atoms with Crippen molar-refractivity contribution in [3.8, 4) is 0 Å². The molecule has 0 bridgehead atoms. The van der Waals surface area contributed by atoms with Crippen LogP contribution in [0.2, 0.25) is 0 Å². The summed E-state index contributed by atoms with van der Waals surface area (Å²) < 4.78 is 33.9. The van der Waals surface area contributed by atoms with Gasteiger partial charge in [0.2, 0.25) is 5.91 Å². The van der Waals surface area contributed by atoms with Crippen LogP contribution >= 0.6 is 0 Å². The van der Waals surface area contributed by atoms with E-state index < -0.39 is 17.2 Å². The fourth-order valence-corrected chi connectivity index (χ4v) is 3.90. The van der Waals surface area contributed by atoms with Crippen LogP contribution in [0.25, 0.3) is 0 Å². The Balaban J connectivity index is 2.46. The molecule has 2 atom stereocenters. The molecule has 1 aromatic rings. The van der Waals surface area contributed by atoms with Crippen molar-refractivity contribution in [2.24, 2.45) is 5.92 Å². The molecule has 0 radical (unpaired) electrons. The molecule has 1 heterocycles. The molecule has 1 aromatic carbocycles. The number of unbranched alkanes of at least 4 members (excludes halogenated alkanes) is 1. The Morgan fingerprint density at radius 3 is 2.85 bits per heavy atom. The van der Waals surface area contributed by atoms with E-state index in [1.807, 2.05) is 0 Å². The SMILES string of the molecule is CCC(=O)N[C@](CCCCOC)(c1cccc(F)c1F)[C@@H]1CCCNC1. The third kappa shape index (κ3) is 4.80. The molecule has 26 heavy (non-hydrogen) atoms. The highest BCUT2D eigenvalue weighted by molar-refractivity contribution is 5.76. The van der Waals surface area contributed by atoms with Crippen molar-refractivity contribution in [2.45, 2.75) is 51.0 Å². The molecule has 4 nitrogen and oxygen atoms in total. The number of hydrogen-bond acceptors (Lipinski definition) is 3. The second-order valence-electron chi connectivity index (χ2n) is 6.97. The first-order chi connectivity index (χ1) is 12.5. The van der Waals surface area contributed by atoms with E-state index in [0.29, 0.717) is 26.0 Å². The Kier molecular flexibility index (Phi) is 7.97. The van der Waals surface area contributed by atoms with Crippen molar-refractivity contribution in [2.75, 3.05) is 26.8 Å². The number of methoxy groups -OCH3 is 1. The maximum atomic E-state index is 14.8. The maximum absolute atomic E-state index is 14.8. The third-order valence-corrected chi connectivity index (χ3v) is 5.28. The van der Waals surface area contributed by atoms with Crippen molar-refractivity contribution in [1.82, 2.24) is 10.6 Å². The molecule has 1 fully saturated rings. The van der Waals surface area contributed by atoms with E-state index >= 15 is 0 Å². The van der Waals surface area contributed by atoms with Crippen LogP contribution in [-0.4, -0.2) is 32.7 Å². The van der Waals surface area contributed by atoms with E-state index in [9.17, 15) is 13.6 Å². The van der Waals surface area contributed by atoms with Gasteiger partial charge in [0.05, 0.1) is 5.54 Å². The van der Waals surface area contributed by atoms with E-state index in [1.165, 1.54) is 6.07 Å². The monoisotopic (exact) mass is 368 g/mol. The lowest BCUT2D eigenvalue weighted by Crippen LogP contribution is -2.55. The van der Waals surface area contributed by atoms with Crippen molar-refractivity contribution in [1.29, 1.82) is 0 Å². The lowest BCUT2D eigenvalue weighted by molar-refractivity contribution is -0.124. The summed E-state index contributed by atoms with van der Waals surface area (Å²) >= 11 is 0. The Labute approximate surface area is 154 Å². The van der Waals surface area contributed by atoms with E-state index in [-0.39, 0.29) is 17.4 Å². The van der Waals surface area contributed by atoms with Gasteiger partial charge in [-0.1, -0.05) is 19.1 Å². The standard InChI is InChI=1S/C20H30F2N2O2/c1-3-18(25)24-20(11-4-5-13-26-2,15-8-7-12-23-14-15)16-9-6-10-17(21)19(16)22/h6,9-10,15,23H,3-5,7-8,11-14H2,1-2H3,(H,24,25)/t15-,20+/m1/s1. The predicted octanol–water partition coefficient (Wildman–Crippen LogP) is 3.50. The van der Waals surface area contributed by atoms with Gasteiger partial charge in [0.15, 0.2) is 11.6 Å². The number of ether oxygens (including phenoxy) is 1. The van der Waals surface area contributed by atoms with E-state index in [1.54, 1.807) is 20.1 Å². The summed E-state index contributed by atoms with van der Waals surface area (Å²) in [4.78, 5) is 12.4. The number of hydrogen-bond donors (Lipinski definition) is 2. The largest absolute Gasteiger partial charge is 0.385 e. The number of benzene rings is 1. The van der Waals surface area contributed by atoms with E-state index in [2.05, 4.69) is 10.6 Å². The zero-order valence-electron chi connectivity index (χ0n) is 15.7. The summed E-state index contributed by atoms with van der Waals surface area (Å²) in [7, 11) is 1.64. The summed E-state index contributed by atoms with van der Waals surface area (Å²) in [5.41, 5.74) is -0.661. The number of carbonyl (C=O) groups excluding carboxylic acids is 1. The molecule has 1 aliphatic rings. The molecular formula is C20H30F2N2O2. The lowest BCUT2D eigenvalue weighted by Gasteiger charge is -2.44. The van der Waals surface area contributed by atoms with Gasteiger partial charge in [-0.05, 0) is 50.6 Å². The topological polar surface area (TPSA) is 50.4 Å². The first kappa shape index (κ1) is 20.8. The molecule has 6 heteroatoms. The van der Waals surface area contributed by atoms with Gasteiger partial charge in [0.1, 0.15) is 0 Å². The van der Waals surface area contributed by atoms with Gasteiger partial charge in [-0.2, -0.15) is 0 Å². The molecule has 1 aliphatic heterocycles. The summed E-state index contributed by atoms with van der Waals surface area (Å²) in [5.74, 6) is -1.88. The van der Waals surface area contributed by atoms with Crippen LogP contribution in [0.4, 0.5) is 8.78 Å². The summed E-state index contributed by atoms with van der Waals surface area (Å²) in [5, 5.41) is 6.43. The normalized spacial score (nSPS) is 19.8. The molecule has 0 saturated carbocycles. The number of nitrogens with one attached hydrogen (secondary N) is 2. The second kappa shape index (κ2) is 9.97. The fraction of sp³-hybridized carbons (Fsp3) is 0.650. The number of carbonyl (C=O) groups is 1. The highest BCUT2D eigenvalue weighted by Gasteiger charge is 2.43. The zero-order chi connectivity index (χ0) is 19.0. The maximum Gasteiger partial charge on any atom is 0.220 e. The van der Waals surface area contributed by atoms with Crippen LogP contribution in [0.1, 0.15) is 51.0 Å². The van der Waals surface area contributed by atoms with Gasteiger partial charge in [-0.3, -0.25) is 4.79 Å².